The van der Waals surface area contributed by atoms with Crippen molar-refractivity contribution in [1.29, 1.82) is 0 Å². The molecule has 1 aliphatic heterocycles. The first-order valence-corrected chi connectivity index (χ1v) is 9.53. The van der Waals surface area contributed by atoms with E-state index in [9.17, 15) is 4.79 Å². The Morgan fingerprint density at radius 1 is 1.24 bits per heavy atom. The molecule has 154 valence electrons. The van der Waals surface area contributed by atoms with E-state index in [0.29, 0.717) is 18.8 Å². The summed E-state index contributed by atoms with van der Waals surface area (Å²) in [5.74, 6) is -1.27. The zero-order valence-corrected chi connectivity index (χ0v) is 16.9. The molecule has 0 spiro atoms. The summed E-state index contributed by atoms with van der Waals surface area (Å²) in [5.41, 5.74) is 3.13. The van der Waals surface area contributed by atoms with Gasteiger partial charge in [0.05, 0.1) is 37.6 Å². The maximum Gasteiger partial charge on any atom is 0.274 e. The fourth-order valence-corrected chi connectivity index (χ4v) is 3.08. The summed E-state index contributed by atoms with van der Waals surface area (Å²) in [6, 6.07) is 5.94. The average Bonchev–Trinajstić information content (AvgIpc) is 3.23. The highest BCUT2D eigenvalue weighted by molar-refractivity contribution is 5.85. The molecular formula is C21H26N4O4. The summed E-state index contributed by atoms with van der Waals surface area (Å²) < 4.78 is 19.0. The number of nitrogens with zero attached hydrogens (tertiary/aromatic N) is 4. The number of dihydropyridines is 1. The number of aliphatic imine (C=N–C) groups is 1. The normalized spacial score (nSPS) is 18.8. The van der Waals surface area contributed by atoms with Crippen LogP contribution in [0.25, 0.3) is 11.4 Å². The van der Waals surface area contributed by atoms with Crippen LogP contribution in [0.5, 0.6) is 0 Å². The van der Waals surface area contributed by atoms with Gasteiger partial charge >= 0.3 is 0 Å². The zero-order valence-electron chi connectivity index (χ0n) is 16.9. The minimum Gasteiger partial charge on any atom is -0.382 e. The molecule has 0 radical (unpaired) electrons. The first kappa shape index (κ1) is 21.0. The lowest BCUT2D eigenvalue weighted by Gasteiger charge is -2.31. The van der Waals surface area contributed by atoms with E-state index in [0.717, 1.165) is 23.2 Å². The van der Waals surface area contributed by atoms with E-state index in [1.165, 1.54) is 6.21 Å². The molecule has 3 heterocycles. The predicted octanol–water partition coefficient (Wildman–Crippen LogP) is 2.96. The molecule has 8 heteroatoms. The molecule has 1 atom stereocenters. The molecule has 0 aromatic carbocycles. The fourth-order valence-electron chi connectivity index (χ4n) is 3.08. The predicted molar refractivity (Wildman–Crippen MR) is 108 cm³/mol. The second-order valence-electron chi connectivity index (χ2n) is 6.92. The fraction of sp³-hybridized carbons (Fsp3) is 0.429. The van der Waals surface area contributed by atoms with Gasteiger partial charge in [0.25, 0.3) is 5.91 Å². The Balaban J connectivity index is 1.83. The third kappa shape index (κ3) is 5.03. The van der Waals surface area contributed by atoms with Crippen LogP contribution in [0.15, 0.2) is 47.2 Å². The van der Waals surface area contributed by atoms with Crippen molar-refractivity contribution in [3.63, 3.8) is 0 Å². The summed E-state index contributed by atoms with van der Waals surface area (Å²) in [7, 11) is 1.59. The highest BCUT2D eigenvalue weighted by atomic mass is 16.7. The van der Waals surface area contributed by atoms with Crippen molar-refractivity contribution >= 4 is 12.5 Å². The van der Waals surface area contributed by atoms with E-state index in [-0.39, 0.29) is 19.1 Å². The number of ether oxygens (including phenoxy) is 3. The van der Waals surface area contributed by atoms with Crippen LogP contribution in [0.2, 0.25) is 0 Å². The Hall–Kier alpha value is -2.68. The molecule has 0 saturated carbocycles. The summed E-state index contributed by atoms with van der Waals surface area (Å²) >= 11 is 0. The van der Waals surface area contributed by atoms with Gasteiger partial charge in [-0.1, -0.05) is 6.07 Å². The number of aromatic nitrogens is 3. The lowest BCUT2D eigenvalue weighted by Crippen LogP contribution is -2.37. The number of methoxy groups -OCH3 is 1. The first-order chi connectivity index (χ1) is 14.1. The van der Waals surface area contributed by atoms with Crippen LogP contribution in [0.4, 0.5) is 0 Å². The zero-order chi connectivity index (χ0) is 20.7. The smallest absolute Gasteiger partial charge is 0.274 e. The number of aldehydes is 1. The topological polar surface area (TPSA) is 87.8 Å². The lowest BCUT2D eigenvalue weighted by molar-refractivity contribution is -0.241. The molecule has 0 aliphatic carbocycles. The van der Waals surface area contributed by atoms with E-state index in [1.807, 2.05) is 22.9 Å². The van der Waals surface area contributed by atoms with Gasteiger partial charge in [0, 0.05) is 42.9 Å². The molecule has 3 rings (SSSR count). The Morgan fingerprint density at radius 2 is 2.10 bits per heavy atom. The van der Waals surface area contributed by atoms with Crippen LogP contribution in [0.3, 0.4) is 0 Å². The van der Waals surface area contributed by atoms with Crippen LogP contribution >= 0.6 is 0 Å². The van der Waals surface area contributed by atoms with Gasteiger partial charge in [0.1, 0.15) is 6.29 Å². The van der Waals surface area contributed by atoms with Crippen molar-refractivity contribution in [3.05, 3.63) is 47.8 Å². The molecule has 1 aliphatic rings. The SMILES string of the molecule is COCCOC1(OCc2cccnc2-c2ccnn2C(C)C)CC(C=O)=CC=N1. The Bertz CT molecular complexity index is 890. The third-order valence-corrected chi connectivity index (χ3v) is 4.50. The molecule has 2 aromatic heterocycles. The highest BCUT2D eigenvalue weighted by Gasteiger charge is 2.34. The van der Waals surface area contributed by atoms with E-state index in [4.69, 9.17) is 14.2 Å². The number of carbonyl (C=O) groups excluding carboxylic acids is 1. The van der Waals surface area contributed by atoms with Gasteiger partial charge in [0.2, 0.25) is 0 Å². The largest absolute Gasteiger partial charge is 0.382 e. The number of hydrogen-bond acceptors (Lipinski definition) is 7. The number of pyridine rings is 1. The number of allylic oxidation sites excluding steroid dienone is 1. The molecule has 1 unspecified atom stereocenters. The van der Waals surface area contributed by atoms with Gasteiger partial charge in [0.15, 0.2) is 0 Å². The first-order valence-electron chi connectivity index (χ1n) is 9.53. The molecule has 0 bridgehead atoms. The van der Waals surface area contributed by atoms with E-state index >= 15 is 0 Å². The maximum atomic E-state index is 11.3. The van der Waals surface area contributed by atoms with E-state index < -0.39 is 5.91 Å². The van der Waals surface area contributed by atoms with Gasteiger partial charge in [-0.15, -0.1) is 0 Å². The molecule has 2 aromatic rings. The van der Waals surface area contributed by atoms with Crippen molar-refractivity contribution in [1.82, 2.24) is 14.8 Å². The van der Waals surface area contributed by atoms with Gasteiger partial charge < -0.3 is 14.2 Å². The standard InChI is InChI=1S/C21H26N4O4/c1-16(2)25-19(7-10-24-25)20-18(5-4-8-22-20)15-29-21(28-12-11-27-3)13-17(14-26)6-9-23-21/h4-10,14,16H,11-13,15H2,1-3H3. The van der Waals surface area contributed by atoms with Crippen molar-refractivity contribution in [3.8, 4) is 11.4 Å². The number of carbonyl (C=O) groups is 1. The van der Waals surface area contributed by atoms with Gasteiger partial charge in [-0.05, 0) is 32.1 Å². The number of hydrogen-bond donors (Lipinski definition) is 0. The second-order valence-corrected chi connectivity index (χ2v) is 6.92. The van der Waals surface area contributed by atoms with Crippen molar-refractivity contribution in [2.24, 2.45) is 4.99 Å². The average molecular weight is 398 g/mol. The quantitative estimate of drug-likeness (QED) is 0.347. The molecular weight excluding hydrogens is 372 g/mol. The van der Waals surface area contributed by atoms with Gasteiger partial charge in [-0.2, -0.15) is 5.10 Å². The monoisotopic (exact) mass is 398 g/mol. The summed E-state index contributed by atoms with van der Waals surface area (Å²) in [6.45, 7) is 5.03. The second kappa shape index (κ2) is 9.69. The van der Waals surface area contributed by atoms with Crippen LogP contribution in [0.1, 0.15) is 31.9 Å². The van der Waals surface area contributed by atoms with Crippen LogP contribution < -0.4 is 0 Å². The van der Waals surface area contributed by atoms with Crippen molar-refractivity contribution in [2.45, 2.75) is 38.8 Å². The van der Waals surface area contributed by atoms with Crippen LogP contribution in [-0.2, 0) is 25.6 Å². The van der Waals surface area contributed by atoms with Crippen LogP contribution in [-0.4, -0.2) is 53.5 Å². The minimum atomic E-state index is -1.27. The Morgan fingerprint density at radius 3 is 2.86 bits per heavy atom. The lowest BCUT2D eigenvalue weighted by atomic mass is 10.1. The van der Waals surface area contributed by atoms with E-state index in [1.54, 1.807) is 25.6 Å². The summed E-state index contributed by atoms with van der Waals surface area (Å²) in [6.07, 6.45) is 7.73. The minimum absolute atomic E-state index is 0.197. The molecule has 0 fully saturated rings. The van der Waals surface area contributed by atoms with Crippen LogP contribution in [0, 0.1) is 0 Å². The van der Waals surface area contributed by atoms with Gasteiger partial charge in [-0.3, -0.25) is 14.5 Å². The highest BCUT2D eigenvalue weighted by Crippen LogP contribution is 2.30. The van der Waals surface area contributed by atoms with E-state index in [2.05, 4.69) is 28.9 Å². The molecule has 0 saturated heterocycles. The van der Waals surface area contributed by atoms with Crippen molar-refractivity contribution < 1.29 is 19.0 Å². The Kier molecular flexibility index (Phi) is 7.03. The van der Waals surface area contributed by atoms with Crippen molar-refractivity contribution in [2.75, 3.05) is 20.3 Å². The molecule has 0 N–H and O–H groups in total. The molecule has 8 nitrogen and oxygen atoms in total. The maximum absolute atomic E-state index is 11.3. The summed E-state index contributed by atoms with van der Waals surface area (Å²) in [5, 5.41) is 4.40. The molecule has 0 amide bonds. The van der Waals surface area contributed by atoms with Gasteiger partial charge in [-0.25, -0.2) is 4.99 Å². The number of rotatable bonds is 10. The summed E-state index contributed by atoms with van der Waals surface area (Å²) in [4.78, 5) is 20.2. The Labute approximate surface area is 170 Å². The third-order valence-electron chi connectivity index (χ3n) is 4.50. The molecule has 29 heavy (non-hydrogen) atoms.